The van der Waals surface area contributed by atoms with Gasteiger partial charge >= 0.3 is 0 Å². The highest BCUT2D eigenvalue weighted by atomic mass is 32.1. The number of pyridine rings is 1. The first-order valence-corrected chi connectivity index (χ1v) is 9.94. The lowest BCUT2D eigenvalue weighted by atomic mass is 9.83. The summed E-state index contributed by atoms with van der Waals surface area (Å²) in [6.07, 6.45) is 5.77. The van der Waals surface area contributed by atoms with Crippen LogP contribution in [0.2, 0.25) is 0 Å². The van der Waals surface area contributed by atoms with Crippen LogP contribution in [-0.2, 0) is 0 Å². The fourth-order valence-corrected chi connectivity index (χ4v) is 3.99. The van der Waals surface area contributed by atoms with Gasteiger partial charge < -0.3 is 11.1 Å². The molecule has 29 heavy (non-hydrogen) atoms. The van der Waals surface area contributed by atoms with Crippen LogP contribution in [0.3, 0.4) is 0 Å². The molecule has 0 radical (unpaired) electrons. The molecular weight excluding hydrogens is 384 g/mol. The van der Waals surface area contributed by atoms with Crippen molar-refractivity contribution in [3.05, 3.63) is 62.4 Å². The van der Waals surface area contributed by atoms with Gasteiger partial charge in [-0.05, 0) is 38.8 Å². The van der Waals surface area contributed by atoms with E-state index in [2.05, 4.69) is 21.4 Å². The van der Waals surface area contributed by atoms with Crippen LogP contribution in [0, 0.1) is 32.1 Å². The lowest BCUT2D eigenvalue weighted by molar-refractivity contribution is -0.111. The van der Waals surface area contributed by atoms with Crippen molar-refractivity contribution in [1.82, 2.24) is 15.3 Å². The molecule has 5 N–H and O–H groups in total. The Morgan fingerprint density at radius 1 is 1.38 bits per heavy atom. The van der Waals surface area contributed by atoms with Gasteiger partial charge in [0.05, 0.1) is 38.5 Å². The third kappa shape index (κ3) is 3.82. The fourth-order valence-electron chi connectivity index (χ4n) is 3.38. The van der Waals surface area contributed by atoms with Gasteiger partial charge in [0.25, 0.3) is 5.91 Å². The molecule has 0 aromatic carbocycles. The van der Waals surface area contributed by atoms with Crippen LogP contribution < -0.4 is 16.5 Å². The molecule has 0 saturated heterocycles. The van der Waals surface area contributed by atoms with Crippen molar-refractivity contribution in [2.45, 2.75) is 39.7 Å². The number of nitrogens with two attached hydrogens (primary N) is 2. The standard InChI is InChI=1S/C21H22N6OS/c1-11-12(2)19(26-13(3)15(11)8-22)20(28)27-21(4)6-5-16(23)14(7-21)18(24)17-9-25-10-29-17/h5-6,9-10,23H,7,24H2,1-4H3,(H,27,28)/p+1/b18-14-,23-16?. The second-order valence-corrected chi connectivity index (χ2v) is 8.26. The second kappa shape index (κ2) is 7.60. The molecule has 7 nitrogen and oxygen atoms in total. The number of hydrogen-bond donors (Lipinski definition) is 3. The predicted molar refractivity (Wildman–Crippen MR) is 113 cm³/mol. The van der Waals surface area contributed by atoms with Crippen molar-refractivity contribution in [3.63, 3.8) is 0 Å². The lowest BCUT2D eigenvalue weighted by Crippen LogP contribution is -2.51. The van der Waals surface area contributed by atoms with E-state index in [0.29, 0.717) is 40.3 Å². The maximum atomic E-state index is 13.0. The molecule has 1 unspecified atom stereocenters. The largest absolute Gasteiger partial charge is 0.397 e. The molecule has 2 aromatic heterocycles. The van der Waals surface area contributed by atoms with Crippen LogP contribution in [-0.4, -0.2) is 27.1 Å². The first-order valence-electron chi connectivity index (χ1n) is 9.06. The van der Waals surface area contributed by atoms with Gasteiger partial charge in [0, 0.05) is 18.7 Å². The molecule has 1 atom stereocenters. The highest BCUT2D eigenvalue weighted by Crippen LogP contribution is 2.29. The number of carbonyl (C=O) groups excluding carboxylic acids is 1. The Bertz CT molecular complexity index is 1110. The maximum Gasteiger partial charge on any atom is 0.270 e. The Hall–Kier alpha value is -3.31. The predicted octanol–water partition coefficient (Wildman–Crippen LogP) is 1.35. The third-order valence-corrected chi connectivity index (χ3v) is 6.01. The zero-order chi connectivity index (χ0) is 21.3. The minimum atomic E-state index is -0.686. The molecule has 1 amide bonds. The molecule has 0 fully saturated rings. The van der Waals surface area contributed by atoms with E-state index < -0.39 is 5.54 Å². The van der Waals surface area contributed by atoms with Crippen molar-refractivity contribution in [1.29, 1.82) is 5.26 Å². The van der Waals surface area contributed by atoms with Gasteiger partial charge in [-0.25, -0.2) is 4.98 Å². The van der Waals surface area contributed by atoms with Crippen molar-refractivity contribution in [2.24, 2.45) is 5.73 Å². The van der Waals surface area contributed by atoms with Crippen LogP contribution in [0.15, 0.2) is 29.4 Å². The number of rotatable bonds is 3. The van der Waals surface area contributed by atoms with Crippen LogP contribution in [0.4, 0.5) is 0 Å². The molecule has 3 rings (SSSR count). The number of hydrogen-bond acceptors (Lipinski definition) is 6. The molecule has 2 heterocycles. The van der Waals surface area contributed by atoms with Gasteiger partial charge in [-0.3, -0.25) is 15.2 Å². The normalized spacial score (nSPS) is 20.3. The maximum absolute atomic E-state index is 13.0. The summed E-state index contributed by atoms with van der Waals surface area (Å²) >= 11 is 1.44. The number of aromatic nitrogens is 2. The summed E-state index contributed by atoms with van der Waals surface area (Å²) in [5.41, 5.74) is 12.1. The Morgan fingerprint density at radius 3 is 2.72 bits per heavy atom. The van der Waals surface area contributed by atoms with Gasteiger partial charge in [-0.1, -0.05) is 6.08 Å². The Kier molecular flexibility index (Phi) is 5.36. The number of allylic oxidation sites excluding steroid dienone is 1. The lowest BCUT2D eigenvalue weighted by Gasteiger charge is -2.31. The monoisotopic (exact) mass is 407 g/mol. The van der Waals surface area contributed by atoms with Gasteiger partial charge in [-0.15, -0.1) is 11.3 Å². The van der Waals surface area contributed by atoms with E-state index in [1.165, 1.54) is 11.3 Å². The Balaban J connectivity index is 1.93. The van der Waals surface area contributed by atoms with Crippen molar-refractivity contribution >= 4 is 28.7 Å². The summed E-state index contributed by atoms with van der Waals surface area (Å²) < 4.78 is 0. The topological polar surface area (TPSA) is 130 Å². The van der Waals surface area contributed by atoms with E-state index in [0.717, 1.165) is 16.0 Å². The minimum absolute atomic E-state index is 0.304. The number of amides is 1. The number of nitrogens with zero attached hydrogens (tertiary/aromatic N) is 3. The first-order chi connectivity index (χ1) is 13.7. The summed E-state index contributed by atoms with van der Waals surface area (Å²) in [4.78, 5) is 22.3. The van der Waals surface area contributed by atoms with Crippen LogP contribution in [0.5, 0.6) is 0 Å². The van der Waals surface area contributed by atoms with E-state index in [9.17, 15) is 10.1 Å². The number of carbonyl (C=O) groups is 1. The van der Waals surface area contributed by atoms with Gasteiger partial charge in [0.1, 0.15) is 11.8 Å². The average molecular weight is 408 g/mol. The van der Waals surface area contributed by atoms with Crippen molar-refractivity contribution in [2.75, 3.05) is 0 Å². The molecule has 1 aliphatic carbocycles. The smallest absolute Gasteiger partial charge is 0.270 e. The first kappa shape index (κ1) is 20.4. The minimum Gasteiger partial charge on any atom is -0.397 e. The van der Waals surface area contributed by atoms with Crippen LogP contribution >= 0.6 is 11.3 Å². The molecule has 0 aliphatic heterocycles. The molecule has 0 spiro atoms. The zero-order valence-electron chi connectivity index (χ0n) is 16.8. The van der Waals surface area contributed by atoms with E-state index in [4.69, 9.17) is 11.1 Å². The highest BCUT2D eigenvalue weighted by molar-refractivity contribution is 7.10. The number of thiazole rings is 1. The van der Waals surface area contributed by atoms with Gasteiger partial charge in [0.15, 0.2) is 0 Å². The molecule has 0 saturated carbocycles. The molecule has 0 bridgehead atoms. The third-order valence-electron chi connectivity index (χ3n) is 5.21. The molecule has 8 heteroatoms. The van der Waals surface area contributed by atoms with Gasteiger partial charge in [-0.2, -0.15) is 5.26 Å². The molecule has 148 valence electrons. The van der Waals surface area contributed by atoms with E-state index >= 15 is 0 Å². The fraction of sp³-hybridized carbons (Fsp3) is 0.286. The highest BCUT2D eigenvalue weighted by Gasteiger charge is 2.34. The van der Waals surface area contributed by atoms with Crippen molar-refractivity contribution in [3.8, 4) is 6.07 Å². The summed E-state index contributed by atoms with van der Waals surface area (Å²) in [7, 11) is 0. The average Bonchev–Trinajstić information content (AvgIpc) is 3.21. The van der Waals surface area contributed by atoms with Crippen LogP contribution in [0.1, 0.15) is 51.1 Å². The van der Waals surface area contributed by atoms with E-state index in [1.54, 1.807) is 31.6 Å². The Labute approximate surface area is 173 Å². The molecule has 2 aromatic rings. The SMILES string of the molecule is Cc1nc(C(=O)NC2(C)C=CC(=[NH2+])/C(=C(\N)c3cncs3)C2)c(C)c(C)c1C#N. The molecule has 1 aliphatic rings. The number of aryl methyl sites for hydroxylation is 1. The molecular formula is C21H23N6OS+. The zero-order valence-corrected chi connectivity index (χ0v) is 17.6. The summed E-state index contributed by atoms with van der Waals surface area (Å²) in [5.74, 6) is -0.304. The summed E-state index contributed by atoms with van der Waals surface area (Å²) in [5, 5.41) is 18.5. The summed E-state index contributed by atoms with van der Waals surface area (Å²) in [6, 6.07) is 2.15. The van der Waals surface area contributed by atoms with E-state index in [1.807, 2.05) is 19.9 Å². The quantitative estimate of drug-likeness (QED) is 0.707. The number of nitrogens with one attached hydrogen (secondary N) is 1. The van der Waals surface area contributed by atoms with Crippen molar-refractivity contribution < 1.29 is 10.2 Å². The van der Waals surface area contributed by atoms with Crippen LogP contribution in [0.25, 0.3) is 5.70 Å². The number of nitriles is 1. The summed E-state index contributed by atoms with van der Waals surface area (Å²) in [6.45, 7) is 7.27. The van der Waals surface area contributed by atoms with E-state index in [-0.39, 0.29) is 5.91 Å². The van der Waals surface area contributed by atoms with Gasteiger partial charge in [0.2, 0.25) is 5.71 Å². The second-order valence-electron chi connectivity index (χ2n) is 7.38. The Morgan fingerprint density at radius 2 is 2.10 bits per heavy atom.